The van der Waals surface area contributed by atoms with E-state index in [1.54, 1.807) is 39.5 Å². The molecule has 3 N–H and O–H groups in total. The number of urea groups is 1. The molecule has 0 saturated heterocycles. The second-order valence-electron chi connectivity index (χ2n) is 5.06. The molecule has 0 spiro atoms. The van der Waals surface area contributed by atoms with Crippen LogP contribution in [0.3, 0.4) is 0 Å². The number of carbonyl (C=O) groups excluding carboxylic acids is 1. The van der Waals surface area contributed by atoms with Gasteiger partial charge in [0.05, 0.1) is 28.9 Å². The fraction of sp³-hybridized carbons (Fsp3) is 0.214. The highest BCUT2D eigenvalue weighted by molar-refractivity contribution is 6.32. The quantitative estimate of drug-likeness (QED) is 0.685. The summed E-state index contributed by atoms with van der Waals surface area (Å²) in [6.45, 7) is 0. The van der Waals surface area contributed by atoms with Gasteiger partial charge < -0.3 is 19.9 Å². The van der Waals surface area contributed by atoms with Gasteiger partial charge in [-0.05, 0) is 6.07 Å². The van der Waals surface area contributed by atoms with Gasteiger partial charge in [-0.1, -0.05) is 11.6 Å². The Morgan fingerprint density at radius 3 is 2.87 bits per heavy atom. The van der Waals surface area contributed by atoms with Gasteiger partial charge in [0.1, 0.15) is 5.75 Å². The van der Waals surface area contributed by atoms with Crippen LogP contribution < -0.4 is 10.1 Å². The Hall–Kier alpha value is -2.74. The number of nitrogens with zero attached hydrogens (tertiary/aromatic N) is 3. The molecule has 3 rings (SSSR count). The molecule has 1 aromatic carbocycles. The van der Waals surface area contributed by atoms with Gasteiger partial charge in [0, 0.05) is 26.4 Å². The maximum atomic E-state index is 11.8. The monoisotopic (exact) mass is 334 g/mol. The molecule has 8 nitrogen and oxygen atoms in total. The first kappa shape index (κ1) is 15.2. The van der Waals surface area contributed by atoms with Crippen LogP contribution in [0.15, 0.2) is 18.3 Å². The molecule has 9 heteroatoms. The number of hydrogen-bond acceptors (Lipinski definition) is 4. The van der Waals surface area contributed by atoms with Crippen molar-refractivity contribution in [2.45, 2.75) is 0 Å². The number of aromatic amines is 2. The van der Waals surface area contributed by atoms with E-state index in [9.17, 15) is 4.79 Å². The number of amides is 2. The van der Waals surface area contributed by atoms with E-state index in [1.807, 2.05) is 0 Å². The minimum atomic E-state index is -0.256. The van der Waals surface area contributed by atoms with Gasteiger partial charge in [0.25, 0.3) is 0 Å². The smallest absolute Gasteiger partial charge is 0.321 e. The molecule has 3 aromatic rings. The fourth-order valence-corrected chi connectivity index (χ4v) is 2.31. The first-order valence-electron chi connectivity index (χ1n) is 6.75. The number of hydrogen-bond donors (Lipinski definition) is 3. The minimum absolute atomic E-state index is 0.256. The van der Waals surface area contributed by atoms with E-state index >= 15 is 0 Å². The third-order valence-electron chi connectivity index (χ3n) is 3.27. The van der Waals surface area contributed by atoms with Crippen molar-refractivity contribution in [3.05, 3.63) is 23.4 Å². The van der Waals surface area contributed by atoms with Crippen molar-refractivity contribution in [3.8, 4) is 17.3 Å². The second kappa shape index (κ2) is 5.81. The molecule has 0 atom stereocenters. The molecule has 0 aliphatic heterocycles. The third-order valence-corrected chi connectivity index (χ3v) is 3.56. The summed E-state index contributed by atoms with van der Waals surface area (Å²) < 4.78 is 5.19. The molecule has 0 aliphatic carbocycles. The number of carbonyl (C=O) groups is 1. The van der Waals surface area contributed by atoms with Gasteiger partial charge in [-0.15, -0.1) is 0 Å². The lowest BCUT2D eigenvalue weighted by Gasteiger charge is -2.10. The Morgan fingerprint density at radius 2 is 2.17 bits per heavy atom. The summed E-state index contributed by atoms with van der Waals surface area (Å²) in [5.41, 5.74) is 2.47. The van der Waals surface area contributed by atoms with Gasteiger partial charge in [-0.25, -0.2) is 9.78 Å². The Bertz CT molecular complexity index is 869. The lowest BCUT2D eigenvalue weighted by Crippen LogP contribution is -2.27. The van der Waals surface area contributed by atoms with E-state index in [4.69, 9.17) is 16.3 Å². The summed E-state index contributed by atoms with van der Waals surface area (Å²) in [4.78, 5) is 20.8. The number of fused-ring (bicyclic) bond motifs is 1. The standard InChI is InChI=1S/C14H15ClN6O2/c1-21(2)14(22)19-10-6-16-20-12(10)13-17-8-4-7(15)11(23-3)5-9(8)18-13/h4-6H,1-3H3,(H,16,20)(H,17,18)(H,19,22). The summed E-state index contributed by atoms with van der Waals surface area (Å²) in [7, 11) is 4.86. The van der Waals surface area contributed by atoms with Gasteiger partial charge in [-0.2, -0.15) is 5.10 Å². The Morgan fingerprint density at radius 1 is 1.39 bits per heavy atom. The predicted molar refractivity (Wildman–Crippen MR) is 87.9 cm³/mol. The van der Waals surface area contributed by atoms with Gasteiger partial charge in [-0.3, -0.25) is 5.10 Å². The van der Waals surface area contributed by atoms with E-state index in [2.05, 4.69) is 25.5 Å². The number of halogens is 1. The summed E-state index contributed by atoms with van der Waals surface area (Å²) in [5, 5.41) is 10.1. The van der Waals surface area contributed by atoms with Gasteiger partial charge in [0.15, 0.2) is 11.5 Å². The number of anilines is 1. The average Bonchev–Trinajstić information content (AvgIpc) is 3.11. The third kappa shape index (κ3) is 2.80. The second-order valence-corrected chi connectivity index (χ2v) is 5.47. The first-order valence-corrected chi connectivity index (χ1v) is 7.13. The average molecular weight is 335 g/mol. The zero-order valence-electron chi connectivity index (χ0n) is 12.8. The molecule has 0 radical (unpaired) electrons. The summed E-state index contributed by atoms with van der Waals surface area (Å²) in [6.07, 6.45) is 1.59. The molecule has 2 amide bonds. The van der Waals surface area contributed by atoms with Crippen LogP contribution in [0.1, 0.15) is 0 Å². The highest BCUT2D eigenvalue weighted by Crippen LogP contribution is 2.31. The van der Waals surface area contributed by atoms with Crippen molar-refractivity contribution >= 4 is 34.4 Å². The van der Waals surface area contributed by atoms with Crippen LogP contribution in [0, 0.1) is 0 Å². The molecule has 0 saturated carbocycles. The minimum Gasteiger partial charge on any atom is -0.495 e. The molecule has 2 aromatic heterocycles. The SMILES string of the molecule is COc1cc2nc(-c3n[nH]cc3NC(=O)N(C)C)[nH]c2cc1Cl. The maximum Gasteiger partial charge on any atom is 0.321 e. The lowest BCUT2D eigenvalue weighted by molar-refractivity contribution is 0.230. The topological polar surface area (TPSA) is 98.9 Å². The molecule has 23 heavy (non-hydrogen) atoms. The number of benzene rings is 1. The van der Waals surface area contributed by atoms with Crippen molar-refractivity contribution in [1.29, 1.82) is 0 Å². The number of aromatic nitrogens is 4. The molecule has 0 bridgehead atoms. The lowest BCUT2D eigenvalue weighted by atomic mass is 10.3. The molecule has 0 unspecified atom stereocenters. The predicted octanol–water partition coefficient (Wildman–Crippen LogP) is 2.71. The van der Waals surface area contributed by atoms with Crippen LogP contribution in [-0.4, -0.2) is 52.3 Å². The van der Waals surface area contributed by atoms with Crippen molar-refractivity contribution in [2.24, 2.45) is 0 Å². The van der Waals surface area contributed by atoms with Crippen LogP contribution in [0.25, 0.3) is 22.6 Å². The molecular weight excluding hydrogens is 320 g/mol. The van der Waals surface area contributed by atoms with Crippen LogP contribution in [0.4, 0.5) is 10.5 Å². The van der Waals surface area contributed by atoms with E-state index in [-0.39, 0.29) is 6.03 Å². The number of rotatable bonds is 3. The molecule has 120 valence electrons. The Kier molecular flexibility index (Phi) is 3.83. The molecule has 0 fully saturated rings. The van der Waals surface area contributed by atoms with Crippen LogP contribution in [0.2, 0.25) is 5.02 Å². The van der Waals surface area contributed by atoms with Crippen molar-refractivity contribution in [1.82, 2.24) is 25.1 Å². The zero-order valence-corrected chi connectivity index (χ0v) is 13.5. The highest BCUT2D eigenvalue weighted by Gasteiger charge is 2.16. The Labute approximate surface area is 136 Å². The highest BCUT2D eigenvalue weighted by atomic mass is 35.5. The maximum absolute atomic E-state index is 11.8. The van der Waals surface area contributed by atoms with Crippen LogP contribution in [-0.2, 0) is 0 Å². The van der Waals surface area contributed by atoms with Crippen molar-refractivity contribution < 1.29 is 9.53 Å². The van der Waals surface area contributed by atoms with E-state index < -0.39 is 0 Å². The summed E-state index contributed by atoms with van der Waals surface area (Å²) in [6, 6.07) is 3.22. The Balaban J connectivity index is 2.01. The van der Waals surface area contributed by atoms with E-state index in [0.717, 1.165) is 5.52 Å². The number of imidazole rings is 1. The number of ether oxygens (including phenoxy) is 1. The van der Waals surface area contributed by atoms with Gasteiger partial charge in [0.2, 0.25) is 0 Å². The zero-order chi connectivity index (χ0) is 16.6. The van der Waals surface area contributed by atoms with Crippen LogP contribution >= 0.6 is 11.6 Å². The number of nitrogens with one attached hydrogen (secondary N) is 3. The molecule has 0 aliphatic rings. The van der Waals surface area contributed by atoms with E-state index in [0.29, 0.717) is 33.5 Å². The number of methoxy groups -OCH3 is 1. The normalized spacial score (nSPS) is 10.8. The van der Waals surface area contributed by atoms with Crippen LogP contribution in [0.5, 0.6) is 5.75 Å². The fourth-order valence-electron chi connectivity index (χ4n) is 2.07. The summed E-state index contributed by atoms with van der Waals surface area (Å²) in [5.74, 6) is 1.06. The molecule has 2 heterocycles. The van der Waals surface area contributed by atoms with Crippen molar-refractivity contribution in [2.75, 3.05) is 26.5 Å². The largest absolute Gasteiger partial charge is 0.495 e. The first-order chi connectivity index (χ1) is 11.0. The summed E-state index contributed by atoms with van der Waals surface area (Å²) >= 11 is 6.12. The van der Waals surface area contributed by atoms with Gasteiger partial charge >= 0.3 is 6.03 Å². The van der Waals surface area contributed by atoms with E-state index in [1.165, 1.54) is 4.90 Å². The number of H-pyrrole nitrogens is 2. The molecular formula is C14H15ClN6O2. The van der Waals surface area contributed by atoms with Crippen molar-refractivity contribution in [3.63, 3.8) is 0 Å².